The average molecular weight is 283 g/mol. The minimum Gasteiger partial charge on any atom is -0.336 e. The Morgan fingerprint density at radius 2 is 2.19 bits per heavy atom. The fraction of sp³-hybridized carbons (Fsp3) is 0.417. The first-order valence-corrected chi connectivity index (χ1v) is 6.13. The summed E-state index contributed by atoms with van der Waals surface area (Å²) in [6, 6.07) is 6.15. The van der Waals surface area contributed by atoms with Gasteiger partial charge in [0.25, 0.3) is 5.91 Å². The summed E-state index contributed by atoms with van der Waals surface area (Å²) in [7, 11) is 1.86. The van der Waals surface area contributed by atoms with Crippen LogP contribution in [0.25, 0.3) is 0 Å². The van der Waals surface area contributed by atoms with Crippen LogP contribution < -0.4 is 5.32 Å². The van der Waals surface area contributed by atoms with E-state index in [-0.39, 0.29) is 5.91 Å². The fourth-order valence-corrected chi connectivity index (χ4v) is 2.36. The number of likely N-dealkylation sites (N-methyl/N-ethyl adjacent to an activating group) is 1. The first-order valence-electron chi connectivity index (χ1n) is 5.33. The predicted octanol–water partition coefficient (Wildman–Crippen LogP) is 1.80. The summed E-state index contributed by atoms with van der Waals surface area (Å²) < 4.78 is 0.872. The average Bonchev–Trinajstić information content (AvgIpc) is 2.14. The summed E-state index contributed by atoms with van der Waals surface area (Å²) in [5.74, 6) is 0.0818. The molecule has 1 amide bonds. The molecule has 86 valence electrons. The highest BCUT2D eigenvalue weighted by Crippen LogP contribution is 2.20. The van der Waals surface area contributed by atoms with E-state index in [1.807, 2.05) is 37.1 Å². The van der Waals surface area contributed by atoms with E-state index in [1.54, 1.807) is 0 Å². The number of benzene rings is 1. The summed E-state index contributed by atoms with van der Waals surface area (Å²) in [6.45, 7) is 3.80. The number of nitrogens with one attached hydrogen (secondary N) is 1. The van der Waals surface area contributed by atoms with Gasteiger partial charge in [-0.05, 0) is 40.5 Å². The number of carbonyl (C=O) groups is 1. The summed E-state index contributed by atoms with van der Waals surface area (Å²) in [6.07, 6.45) is 0. The van der Waals surface area contributed by atoms with E-state index >= 15 is 0 Å². The van der Waals surface area contributed by atoms with E-state index in [1.165, 1.54) is 0 Å². The van der Waals surface area contributed by atoms with Gasteiger partial charge in [-0.3, -0.25) is 4.79 Å². The fourth-order valence-electron chi connectivity index (χ4n) is 1.70. The van der Waals surface area contributed by atoms with Crippen molar-refractivity contribution in [3.63, 3.8) is 0 Å². The number of rotatable bonds is 2. The van der Waals surface area contributed by atoms with Gasteiger partial charge in [-0.25, -0.2) is 0 Å². The summed E-state index contributed by atoms with van der Waals surface area (Å²) in [4.78, 5) is 14.0. The Bertz CT molecular complexity index is 415. The van der Waals surface area contributed by atoms with Gasteiger partial charge >= 0.3 is 0 Å². The highest BCUT2D eigenvalue weighted by atomic mass is 79.9. The monoisotopic (exact) mass is 282 g/mol. The molecular weight excluding hydrogens is 268 g/mol. The molecule has 0 bridgehead atoms. The molecule has 3 nitrogen and oxygen atoms in total. The third-order valence-electron chi connectivity index (χ3n) is 2.98. The smallest absolute Gasteiger partial charge is 0.255 e. The molecule has 16 heavy (non-hydrogen) atoms. The normalized spacial score (nSPS) is 15.7. The summed E-state index contributed by atoms with van der Waals surface area (Å²) in [5, 5.41) is 3.17. The zero-order valence-electron chi connectivity index (χ0n) is 9.46. The van der Waals surface area contributed by atoms with Crippen LogP contribution in [0.2, 0.25) is 0 Å². The minimum absolute atomic E-state index is 0.0818. The zero-order chi connectivity index (χ0) is 11.7. The van der Waals surface area contributed by atoms with Crippen molar-refractivity contribution >= 4 is 21.8 Å². The standard InChI is InChI=1S/C12H15BrN2O/c1-8-3-4-10(11(13)5-8)12(16)15(2)9-6-14-7-9/h3-5,9,14H,6-7H2,1-2H3. The molecule has 0 saturated carbocycles. The lowest BCUT2D eigenvalue weighted by Gasteiger charge is -2.35. The maximum Gasteiger partial charge on any atom is 0.255 e. The van der Waals surface area contributed by atoms with Crippen molar-refractivity contribution in [3.05, 3.63) is 33.8 Å². The van der Waals surface area contributed by atoms with Crippen molar-refractivity contribution in [2.45, 2.75) is 13.0 Å². The van der Waals surface area contributed by atoms with Gasteiger partial charge in [-0.15, -0.1) is 0 Å². The number of hydrogen-bond donors (Lipinski definition) is 1. The molecule has 4 heteroatoms. The Labute approximate surface area is 104 Å². The Hall–Kier alpha value is -0.870. The van der Waals surface area contributed by atoms with Crippen LogP contribution in [-0.2, 0) is 0 Å². The van der Waals surface area contributed by atoms with Crippen LogP contribution in [0.15, 0.2) is 22.7 Å². The van der Waals surface area contributed by atoms with Crippen LogP contribution in [0.4, 0.5) is 0 Å². The van der Waals surface area contributed by atoms with Gasteiger partial charge in [0, 0.05) is 24.6 Å². The highest BCUT2D eigenvalue weighted by molar-refractivity contribution is 9.10. The van der Waals surface area contributed by atoms with Crippen LogP contribution in [0.1, 0.15) is 15.9 Å². The molecule has 0 unspecified atom stereocenters. The van der Waals surface area contributed by atoms with Crippen molar-refractivity contribution in [2.75, 3.05) is 20.1 Å². The molecule has 1 aromatic rings. The number of amides is 1. The van der Waals surface area contributed by atoms with Crippen LogP contribution >= 0.6 is 15.9 Å². The van der Waals surface area contributed by atoms with Gasteiger partial charge in [0.2, 0.25) is 0 Å². The molecule has 1 aliphatic rings. The van der Waals surface area contributed by atoms with Crippen LogP contribution in [0.5, 0.6) is 0 Å². The van der Waals surface area contributed by atoms with Gasteiger partial charge in [-0.2, -0.15) is 0 Å². The molecule has 1 saturated heterocycles. The Morgan fingerprint density at radius 3 is 2.69 bits per heavy atom. The van der Waals surface area contributed by atoms with Gasteiger partial charge in [-0.1, -0.05) is 6.07 Å². The second-order valence-electron chi connectivity index (χ2n) is 4.21. The highest BCUT2D eigenvalue weighted by Gasteiger charge is 2.26. The van der Waals surface area contributed by atoms with E-state index in [9.17, 15) is 4.79 Å². The van der Waals surface area contributed by atoms with E-state index in [0.717, 1.165) is 28.7 Å². The van der Waals surface area contributed by atoms with Gasteiger partial charge in [0.05, 0.1) is 11.6 Å². The summed E-state index contributed by atoms with van der Waals surface area (Å²) in [5.41, 5.74) is 1.89. The number of nitrogens with zero attached hydrogens (tertiary/aromatic N) is 1. The van der Waals surface area contributed by atoms with E-state index in [0.29, 0.717) is 6.04 Å². The second kappa shape index (κ2) is 4.55. The van der Waals surface area contributed by atoms with Crippen molar-refractivity contribution in [3.8, 4) is 0 Å². The first kappa shape index (κ1) is 11.6. The van der Waals surface area contributed by atoms with Crippen molar-refractivity contribution < 1.29 is 4.79 Å². The van der Waals surface area contributed by atoms with Gasteiger partial charge in [0.15, 0.2) is 0 Å². The Morgan fingerprint density at radius 1 is 1.50 bits per heavy atom. The summed E-state index contributed by atoms with van der Waals surface area (Å²) >= 11 is 3.44. The molecule has 0 radical (unpaired) electrons. The third-order valence-corrected chi connectivity index (χ3v) is 3.64. The molecule has 1 fully saturated rings. The lowest BCUT2D eigenvalue weighted by atomic mass is 10.1. The van der Waals surface area contributed by atoms with Crippen molar-refractivity contribution in [1.82, 2.24) is 10.2 Å². The van der Waals surface area contributed by atoms with Crippen LogP contribution in [0, 0.1) is 6.92 Å². The first-order chi connectivity index (χ1) is 7.59. The minimum atomic E-state index is 0.0818. The Kier molecular flexibility index (Phi) is 3.30. The number of halogens is 1. The predicted molar refractivity (Wildman–Crippen MR) is 67.6 cm³/mol. The van der Waals surface area contributed by atoms with Crippen molar-refractivity contribution in [1.29, 1.82) is 0 Å². The lowest BCUT2D eigenvalue weighted by Crippen LogP contribution is -2.57. The quantitative estimate of drug-likeness (QED) is 0.897. The van der Waals surface area contributed by atoms with E-state index in [4.69, 9.17) is 0 Å². The van der Waals surface area contributed by atoms with Crippen LogP contribution in [0.3, 0.4) is 0 Å². The molecule has 0 aromatic heterocycles. The molecule has 0 atom stereocenters. The molecular formula is C12H15BrN2O. The zero-order valence-corrected chi connectivity index (χ0v) is 11.0. The largest absolute Gasteiger partial charge is 0.336 e. The van der Waals surface area contributed by atoms with E-state index < -0.39 is 0 Å². The second-order valence-corrected chi connectivity index (χ2v) is 5.07. The van der Waals surface area contributed by atoms with Crippen LogP contribution in [-0.4, -0.2) is 37.0 Å². The molecule has 0 aliphatic carbocycles. The number of hydrogen-bond acceptors (Lipinski definition) is 2. The number of aryl methyl sites for hydroxylation is 1. The Balaban J connectivity index is 2.19. The number of carbonyl (C=O) groups excluding carboxylic acids is 1. The SMILES string of the molecule is Cc1ccc(C(=O)N(C)C2CNC2)c(Br)c1. The maximum absolute atomic E-state index is 12.2. The van der Waals surface area contributed by atoms with E-state index in [2.05, 4.69) is 21.2 Å². The maximum atomic E-state index is 12.2. The molecule has 1 aromatic carbocycles. The van der Waals surface area contributed by atoms with Crippen molar-refractivity contribution in [2.24, 2.45) is 0 Å². The third kappa shape index (κ3) is 2.13. The van der Waals surface area contributed by atoms with Gasteiger partial charge in [0.1, 0.15) is 0 Å². The lowest BCUT2D eigenvalue weighted by molar-refractivity contribution is 0.0680. The molecule has 1 heterocycles. The topological polar surface area (TPSA) is 32.3 Å². The molecule has 0 spiro atoms. The molecule has 1 aliphatic heterocycles. The molecule has 2 rings (SSSR count). The van der Waals surface area contributed by atoms with Gasteiger partial charge < -0.3 is 10.2 Å². The molecule has 1 N–H and O–H groups in total.